The largest absolute Gasteiger partial charge is 0.481 e. The number of hydrogen-bond acceptors (Lipinski definition) is 4. The summed E-state index contributed by atoms with van der Waals surface area (Å²) in [5.74, 6) is -1.49. The Morgan fingerprint density at radius 2 is 2.04 bits per heavy atom. The predicted molar refractivity (Wildman–Crippen MR) is 93.2 cm³/mol. The zero-order valence-corrected chi connectivity index (χ0v) is 14.4. The van der Waals surface area contributed by atoms with Crippen LogP contribution in [0.3, 0.4) is 0 Å². The molecule has 0 spiro atoms. The third kappa shape index (κ3) is 3.94. The van der Waals surface area contributed by atoms with Crippen LogP contribution in [0.2, 0.25) is 5.02 Å². The highest BCUT2D eigenvalue weighted by atomic mass is 35.5. The number of nitrogens with zero attached hydrogens (tertiary/aromatic N) is 1. The second-order valence-electron chi connectivity index (χ2n) is 5.88. The highest BCUT2D eigenvalue weighted by Crippen LogP contribution is 2.27. The fraction of sp³-hybridized carbons (Fsp3) is 0.353. The molecule has 1 aromatic carbocycles. The highest BCUT2D eigenvalue weighted by molar-refractivity contribution is 7.13. The van der Waals surface area contributed by atoms with Crippen LogP contribution >= 0.6 is 22.9 Å². The van der Waals surface area contributed by atoms with E-state index < -0.39 is 11.9 Å². The van der Waals surface area contributed by atoms with Crippen molar-refractivity contribution in [2.45, 2.75) is 31.7 Å². The molecule has 0 unspecified atom stereocenters. The lowest BCUT2D eigenvalue weighted by atomic mass is 10.0. The maximum absolute atomic E-state index is 12.2. The number of hydrogen-bond donors (Lipinski definition) is 2. The molecule has 5 nitrogen and oxygen atoms in total. The molecule has 7 heteroatoms. The van der Waals surface area contributed by atoms with Gasteiger partial charge in [-0.25, -0.2) is 4.98 Å². The topological polar surface area (TPSA) is 79.3 Å². The summed E-state index contributed by atoms with van der Waals surface area (Å²) in [5, 5.41) is 15.4. The van der Waals surface area contributed by atoms with Crippen LogP contribution in [0.5, 0.6) is 0 Å². The summed E-state index contributed by atoms with van der Waals surface area (Å²) >= 11 is 7.35. The van der Waals surface area contributed by atoms with Crippen LogP contribution in [0.1, 0.15) is 25.0 Å². The molecule has 1 amide bonds. The van der Waals surface area contributed by atoms with Crippen molar-refractivity contribution in [2.24, 2.45) is 5.92 Å². The van der Waals surface area contributed by atoms with Crippen LogP contribution in [0, 0.1) is 5.92 Å². The normalized spacial score (nSPS) is 20.0. The fourth-order valence-corrected chi connectivity index (χ4v) is 3.92. The molecule has 0 bridgehead atoms. The number of halogens is 1. The molecule has 126 valence electrons. The van der Waals surface area contributed by atoms with Gasteiger partial charge in [0.1, 0.15) is 5.01 Å². The molecule has 0 aliphatic heterocycles. The van der Waals surface area contributed by atoms with Gasteiger partial charge in [0.2, 0.25) is 5.91 Å². The van der Waals surface area contributed by atoms with E-state index in [0.717, 1.165) is 23.4 Å². The molecule has 2 atom stereocenters. The molecule has 1 heterocycles. The van der Waals surface area contributed by atoms with E-state index in [9.17, 15) is 9.59 Å². The first-order valence-corrected chi connectivity index (χ1v) is 9.01. The van der Waals surface area contributed by atoms with Crippen molar-refractivity contribution in [3.05, 3.63) is 40.4 Å². The Bertz CT molecular complexity index is 745. The number of carboxylic acid groups (broad SMARTS) is 1. The lowest BCUT2D eigenvalue weighted by Gasteiger charge is -2.17. The second-order valence-corrected chi connectivity index (χ2v) is 7.17. The van der Waals surface area contributed by atoms with E-state index in [2.05, 4.69) is 10.3 Å². The smallest absolute Gasteiger partial charge is 0.308 e. The van der Waals surface area contributed by atoms with Gasteiger partial charge in [-0.2, -0.15) is 0 Å². The van der Waals surface area contributed by atoms with Crippen LogP contribution < -0.4 is 5.32 Å². The van der Waals surface area contributed by atoms with E-state index in [0.29, 0.717) is 17.1 Å². The van der Waals surface area contributed by atoms with E-state index in [1.807, 2.05) is 17.5 Å². The number of benzene rings is 1. The Labute approximate surface area is 148 Å². The van der Waals surface area contributed by atoms with Gasteiger partial charge in [-0.15, -0.1) is 11.3 Å². The minimum absolute atomic E-state index is 0.160. The van der Waals surface area contributed by atoms with Crippen molar-refractivity contribution in [2.75, 3.05) is 0 Å². The lowest BCUT2D eigenvalue weighted by Crippen LogP contribution is -2.40. The van der Waals surface area contributed by atoms with Crippen molar-refractivity contribution in [3.63, 3.8) is 0 Å². The van der Waals surface area contributed by atoms with Crippen LogP contribution in [-0.2, 0) is 16.0 Å². The Balaban J connectivity index is 1.61. The van der Waals surface area contributed by atoms with Crippen LogP contribution in [-0.4, -0.2) is 28.0 Å². The highest BCUT2D eigenvalue weighted by Gasteiger charge is 2.33. The Morgan fingerprint density at radius 1 is 1.29 bits per heavy atom. The standard InChI is InChI=1S/C17H17ClN2O3S/c18-11-6-4-10(5-7-11)16-19-12(9-24-16)8-15(21)20-14-3-1-2-13(14)17(22)23/h4-7,9,13-14H,1-3,8H2,(H,20,21)(H,22,23)/t13-,14+/m1/s1. The summed E-state index contributed by atoms with van der Waals surface area (Å²) < 4.78 is 0. The van der Waals surface area contributed by atoms with Crippen molar-refractivity contribution in [3.8, 4) is 10.6 Å². The van der Waals surface area contributed by atoms with Gasteiger partial charge in [0.05, 0.1) is 18.0 Å². The summed E-state index contributed by atoms with van der Waals surface area (Å²) in [7, 11) is 0. The van der Waals surface area contributed by atoms with Gasteiger partial charge in [-0.05, 0) is 25.0 Å². The zero-order valence-electron chi connectivity index (χ0n) is 12.9. The number of carboxylic acids is 1. The Kier molecular flexibility index (Phi) is 5.16. The second kappa shape index (κ2) is 7.32. The van der Waals surface area contributed by atoms with Crippen molar-refractivity contribution >= 4 is 34.8 Å². The number of carbonyl (C=O) groups excluding carboxylic acids is 1. The number of amides is 1. The number of rotatable bonds is 5. The van der Waals surface area contributed by atoms with E-state index in [1.165, 1.54) is 11.3 Å². The van der Waals surface area contributed by atoms with Gasteiger partial charge in [0, 0.05) is 22.0 Å². The van der Waals surface area contributed by atoms with E-state index >= 15 is 0 Å². The van der Waals surface area contributed by atoms with Crippen molar-refractivity contribution in [1.82, 2.24) is 10.3 Å². The maximum atomic E-state index is 12.2. The number of nitrogens with one attached hydrogen (secondary N) is 1. The molecule has 3 rings (SSSR count). The number of aromatic nitrogens is 1. The lowest BCUT2D eigenvalue weighted by molar-refractivity contribution is -0.142. The molecule has 1 aromatic heterocycles. The molecular formula is C17H17ClN2O3S. The molecule has 1 saturated carbocycles. The number of carbonyl (C=O) groups is 2. The van der Waals surface area contributed by atoms with Gasteiger partial charge >= 0.3 is 5.97 Å². The molecule has 2 aromatic rings. The van der Waals surface area contributed by atoms with Crippen molar-refractivity contribution < 1.29 is 14.7 Å². The minimum atomic E-state index is -0.837. The fourth-order valence-electron chi connectivity index (χ4n) is 2.96. The SMILES string of the molecule is O=C(Cc1csc(-c2ccc(Cl)cc2)n1)N[C@H]1CCC[C@H]1C(=O)O. The first kappa shape index (κ1) is 16.9. The van der Waals surface area contributed by atoms with Crippen LogP contribution in [0.15, 0.2) is 29.6 Å². The first-order chi connectivity index (χ1) is 11.5. The quantitative estimate of drug-likeness (QED) is 0.852. The first-order valence-electron chi connectivity index (χ1n) is 7.75. The molecule has 1 aliphatic rings. The van der Waals surface area contributed by atoms with E-state index in [1.54, 1.807) is 12.1 Å². The zero-order chi connectivity index (χ0) is 17.1. The Morgan fingerprint density at radius 3 is 2.75 bits per heavy atom. The third-order valence-corrected chi connectivity index (χ3v) is 5.36. The Hall–Kier alpha value is -1.92. The third-order valence-electron chi connectivity index (χ3n) is 4.16. The number of aliphatic carboxylic acids is 1. The van der Waals surface area contributed by atoms with E-state index in [4.69, 9.17) is 16.7 Å². The van der Waals surface area contributed by atoms with Crippen molar-refractivity contribution in [1.29, 1.82) is 0 Å². The molecular weight excluding hydrogens is 348 g/mol. The van der Waals surface area contributed by atoms with Gasteiger partial charge in [0.25, 0.3) is 0 Å². The van der Waals surface area contributed by atoms with Gasteiger partial charge in [-0.3, -0.25) is 9.59 Å². The summed E-state index contributed by atoms with van der Waals surface area (Å²) in [4.78, 5) is 27.8. The minimum Gasteiger partial charge on any atom is -0.481 e. The summed E-state index contributed by atoms with van der Waals surface area (Å²) in [6.45, 7) is 0. The monoisotopic (exact) mass is 364 g/mol. The van der Waals surface area contributed by atoms with Crippen LogP contribution in [0.25, 0.3) is 10.6 Å². The number of thiazole rings is 1. The average Bonchev–Trinajstić information content (AvgIpc) is 3.17. The molecule has 0 radical (unpaired) electrons. The predicted octanol–water partition coefficient (Wildman–Crippen LogP) is 3.38. The van der Waals surface area contributed by atoms with E-state index in [-0.39, 0.29) is 18.4 Å². The maximum Gasteiger partial charge on any atom is 0.308 e. The molecule has 1 fully saturated rings. The average molecular weight is 365 g/mol. The molecule has 24 heavy (non-hydrogen) atoms. The molecule has 0 saturated heterocycles. The summed E-state index contributed by atoms with van der Waals surface area (Å²) in [5.41, 5.74) is 1.64. The molecule has 1 aliphatic carbocycles. The summed E-state index contributed by atoms with van der Waals surface area (Å²) in [6.07, 6.45) is 2.33. The summed E-state index contributed by atoms with van der Waals surface area (Å²) in [6, 6.07) is 7.11. The van der Waals surface area contributed by atoms with Gasteiger partial charge < -0.3 is 10.4 Å². The van der Waals surface area contributed by atoms with Gasteiger partial charge in [0.15, 0.2) is 0 Å². The van der Waals surface area contributed by atoms with Gasteiger partial charge in [-0.1, -0.05) is 30.2 Å². The molecule has 2 N–H and O–H groups in total. The van der Waals surface area contributed by atoms with Crippen LogP contribution in [0.4, 0.5) is 0 Å².